The van der Waals surface area contributed by atoms with E-state index in [0.29, 0.717) is 19.0 Å². The van der Waals surface area contributed by atoms with E-state index in [2.05, 4.69) is 65.1 Å². The number of rotatable bonds is 14. The number of H-pyrrole nitrogens is 2. The lowest BCUT2D eigenvalue weighted by molar-refractivity contribution is -0.138. The van der Waals surface area contributed by atoms with Gasteiger partial charge in [-0.05, 0) is 79.6 Å². The summed E-state index contributed by atoms with van der Waals surface area (Å²) in [6, 6.07) is 12.3. The van der Waals surface area contributed by atoms with Gasteiger partial charge in [0, 0.05) is 40.4 Å². The summed E-state index contributed by atoms with van der Waals surface area (Å²) >= 11 is 1.73. The summed E-state index contributed by atoms with van der Waals surface area (Å²) < 4.78 is 1.13. The fourth-order valence-electron chi connectivity index (χ4n) is 7.56. The van der Waals surface area contributed by atoms with Crippen LogP contribution in [0.15, 0.2) is 42.6 Å². The Morgan fingerprint density at radius 2 is 1.94 bits per heavy atom. The minimum atomic E-state index is -0.649. The monoisotopic (exact) mass is 711 g/mol. The van der Waals surface area contributed by atoms with Crippen molar-refractivity contribution >= 4 is 60.3 Å². The van der Waals surface area contributed by atoms with Crippen molar-refractivity contribution in [2.45, 2.75) is 83.8 Å². The summed E-state index contributed by atoms with van der Waals surface area (Å²) in [5.41, 5.74) is 16.0. The van der Waals surface area contributed by atoms with E-state index >= 15 is 0 Å². The molecule has 51 heavy (non-hydrogen) atoms. The van der Waals surface area contributed by atoms with Crippen LogP contribution in [0.2, 0.25) is 0 Å². The van der Waals surface area contributed by atoms with Crippen molar-refractivity contribution in [2.24, 2.45) is 17.6 Å². The molecule has 1 unspecified atom stereocenters. The van der Waals surface area contributed by atoms with Gasteiger partial charge < -0.3 is 30.6 Å². The number of hydrogen-bond donors (Lipinski definition) is 6. The van der Waals surface area contributed by atoms with Crippen LogP contribution in [-0.2, 0) is 9.63 Å². The highest BCUT2D eigenvalue weighted by molar-refractivity contribution is 7.23. The van der Waals surface area contributed by atoms with Crippen LogP contribution in [0.25, 0.3) is 53.5 Å². The van der Waals surface area contributed by atoms with E-state index in [1.807, 2.05) is 31.0 Å². The van der Waals surface area contributed by atoms with E-state index in [4.69, 9.17) is 25.5 Å². The second kappa shape index (κ2) is 14.9. The molecule has 0 aliphatic carbocycles. The maximum Gasteiger partial charge on any atom is 0.242 e. The number of hydrogen-bond acceptors (Lipinski definition) is 10. The molecular weight excluding hydrogens is 663 g/mol. The average molecular weight is 712 g/mol. The first kappa shape index (κ1) is 35.4. The lowest BCUT2D eigenvalue weighted by atomic mass is 9.89. The standard InChI is InChI=1S/C38H49N9O3S/c1-20(2)28(46-50-5)17-24(8-6-14-39)35-42-32-26-12-10-22(16-25(26)19-40-37(32)44-35)30-18-23-11-13-27-33(34(23)51-30)43-36(41-27)29-9-7-15-47(29)38(48)31(45-49)21(3)4/h10-13,16,18-21,24,28-29,31,45-46,49H,6-9,14-15,17,39H2,1-5H3,(H,41,43)(H,40,42,44)/t24?,28-,29+,31+/m1/s1. The number of carbonyl (C=O) groups is 1. The third-order valence-electron chi connectivity index (χ3n) is 10.5. The largest absolute Gasteiger partial charge is 0.340 e. The average Bonchev–Trinajstić information content (AvgIpc) is 3.93. The van der Waals surface area contributed by atoms with E-state index in [-0.39, 0.29) is 29.8 Å². The van der Waals surface area contributed by atoms with Crippen molar-refractivity contribution in [2.75, 3.05) is 20.2 Å². The molecule has 4 atom stereocenters. The first-order valence-corrected chi connectivity index (χ1v) is 18.9. The molecule has 270 valence electrons. The topological polar surface area (TPSA) is 170 Å². The number of likely N-dealkylation sites (tertiary alicyclic amines) is 1. The van der Waals surface area contributed by atoms with E-state index in [1.165, 1.54) is 0 Å². The van der Waals surface area contributed by atoms with Gasteiger partial charge in [-0.25, -0.2) is 15.0 Å². The molecule has 12 nitrogen and oxygen atoms in total. The zero-order valence-electron chi connectivity index (χ0n) is 30.0. The maximum absolute atomic E-state index is 13.3. The molecule has 1 amide bonds. The van der Waals surface area contributed by atoms with Gasteiger partial charge >= 0.3 is 0 Å². The molecule has 13 heteroatoms. The van der Waals surface area contributed by atoms with E-state index < -0.39 is 6.04 Å². The zero-order chi connectivity index (χ0) is 35.8. The summed E-state index contributed by atoms with van der Waals surface area (Å²) in [5.74, 6) is 2.18. The number of amides is 1. The normalized spacial score (nSPS) is 17.2. The number of nitrogens with zero attached hydrogens (tertiary/aromatic N) is 4. The Morgan fingerprint density at radius 3 is 2.69 bits per heavy atom. The number of imidazole rings is 2. The summed E-state index contributed by atoms with van der Waals surface area (Å²) in [5, 5.41) is 13.0. The minimum Gasteiger partial charge on any atom is -0.340 e. The van der Waals surface area contributed by atoms with Gasteiger partial charge in [-0.3, -0.25) is 4.79 Å². The van der Waals surface area contributed by atoms with E-state index in [9.17, 15) is 10.0 Å². The molecule has 2 aromatic carbocycles. The van der Waals surface area contributed by atoms with Gasteiger partial charge in [0.25, 0.3) is 0 Å². The van der Waals surface area contributed by atoms with Crippen molar-refractivity contribution in [1.82, 2.24) is 40.8 Å². The highest BCUT2D eigenvalue weighted by Crippen LogP contribution is 2.40. The predicted octanol–water partition coefficient (Wildman–Crippen LogP) is 6.92. The summed E-state index contributed by atoms with van der Waals surface area (Å²) in [7, 11) is 1.67. The van der Waals surface area contributed by atoms with Crippen molar-refractivity contribution in [3.63, 3.8) is 0 Å². The van der Waals surface area contributed by atoms with Crippen LogP contribution in [0.4, 0.5) is 0 Å². The number of aromatic amines is 2. The lowest BCUT2D eigenvalue weighted by Crippen LogP contribution is -2.48. The van der Waals surface area contributed by atoms with Crippen molar-refractivity contribution < 1.29 is 14.8 Å². The number of nitrogens with one attached hydrogen (secondary N) is 4. The molecule has 6 aromatic rings. The second-order valence-corrected chi connectivity index (χ2v) is 15.6. The van der Waals surface area contributed by atoms with E-state index in [1.54, 1.807) is 18.4 Å². The van der Waals surface area contributed by atoms with Crippen molar-refractivity contribution in [3.8, 4) is 10.4 Å². The van der Waals surface area contributed by atoms with Crippen molar-refractivity contribution in [3.05, 3.63) is 54.2 Å². The van der Waals surface area contributed by atoms with Crippen LogP contribution in [0.1, 0.15) is 83.4 Å². The Kier molecular flexibility index (Phi) is 10.4. The number of hydroxylamine groups is 2. The summed E-state index contributed by atoms with van der Waals surface area (Å²) in [6.45, 7) is 9.53. The van der Waals surface area contributed by atoms with E-state index in [0.717, 1.165) is 97.2 Å². The van der Waals surface area contributed by atoms with Crippen LogP contribution in [0.3, 0.4) is 0 Å². The van der Waals surface area contributed by atoms with Gasteiger partial charge in [0.2, 0.25) is 5.91 Å². The molecule has 7 rings (SSSR count). The number of thiophene rings is 1. The fraction of sp³-hybridized carbons (Fsp3) is 0.474. The molecule has 5 heterocycles. The maximum atomic E-state index is 13.3. The lowest BCUT2D eigenvalue weighted by Gasteiger charge is -2.28. The number of nitrogens with two attached hydrogens (primary N) is 1. The van der Waals surface area contributed by atoms with Crippen LogP contribution in [-0.4, -0.2) is 73.2 Å². The Labute approximate surface area is 301 Å². The quantitative estimate of drug-likeness (QED) is 0.0657. The van der Waals surface area contributed by atoms with Crippen LogP contribution in [0, 0.1) is 11.8 Å². The van der Waals surface area contributed by atoms with Crippen molar-refractivity contribution in [1.29, 1.82) is 0 Å². The van der Waals surface area contributed by atoms with Crippen LogP contribution in [0.5, 0.6) is 0 Å². The molecule has 0 bridgehead atoms. The van der Waals surface area contributed by atoms with Crippen LogP contribution >= 0.6 is 11.3 Å². The molecule has 7 N–H and O–H groups in total. The summed E-state index contributed by atoms with van der Waals surface area (Å²) in [6.07, 6.45) is 6.36. The molecule has 0 saturated carbocycles. The fourth-order valence-corrected chi connectivity index (χ4v) is 8.71. The van der Waals surface area contributed by atoms with Gasteiger partial charge in [0.1, 0.15) is 17.7 Å². The predicted molar refractivity (Wildman–Crippen MR) is 204 cm³/mol. The number of benzene rings is 2. The molecule has 4 aromatic heterocycles. The van der Waals surface area contributed by atoms with Gasteiger partial charge in [-0.15, -0.1) is 11.3 Å². The Morgan fingerprint density at radius 1 is 1.10 bits per heavy atom. The molecule has 1 fully saturated rings. The smallest absolute Gasteiger partial charge is 0.242 e. The molecule has 1 saturated heterocycles. The molecule has 1 aliphatic heterocycles. The number of aromatic nitrogens is 5. The highest BCUT2D eigenvalue weighted by Gasteiger charge is 2.36. The first-order valence-electron chi connectivity index (χ1n) is 18.1. The number of pyridine rings is 1. The Hall–Kier alpha value is -3.98. The minimum absolute atomic E-state index is 0.0389. The second-order valence-electron chi connectivity index (χ2n) is 14.6. The number of fused-ring (bicyclic) bond motifs is 6. The molecule has 1 aliphatic rings. The number of carbonyl (C=O) groups excluding carboxylic acids is 1. The highest BCUT2D eigenvalue weighted by atomic mass is 32.1. The summed E-state index contributed by atoms with van der Waals surface area (Å²) in [4.78, 5) is 43.6. The molecule has 0 radical (unpaired) electrons. The van der Waals surface area contributed by atoms with Gasteiger partial charge in [-0.1, -0.05) is 45.9 Å². The molecule has 0 spiro atoms. The Bertz CT molecular complexity index is 2150. The SMILES string of the molecule is CON[C@H](CC(CCCN)c1nc2ncc3cc(-c4cc5ccc6nc([C@@H]7CCCN7C(=O)[C@@H](NO)C(C)C)[nH]c6c5s4)ccc3c2[nH]1)C(C)C. The zero-order valence-corrected chi connectivity index (χ0v) is 30.8. The molecular formula is C38H49N9O3S. The van der Waals surface area contributed by atoms with Gasteiger partial charge in [0.05, 0.1) is 34.4 Å². The first-order chi connectivity index (χ1) is 24.7. The van der Waals surface area contributed by atoms with Gasteiger partial charge in [0.15, 0.2) is 5.65 Å². The third-order valence-corrected chi connectivity index (χ3v) is 11.7. The van der Waals surface area contributed by atoms with Crippen LogP contribution < -0.4 is 16.7 Å². The van der Waals surface area contributed by atoms with Gasteiger partial charge in [-0.2, -0.15) is 11.0 Å². The Balaban J connectivity index is 1.19. The third kappa shape index (κ3) is 6.86.